The highest BCUT2D eigenvalue weighted by molar-refractivity contribution is 7.95. The first kappa shape index (κ1) is 20.4. The average molecular weight is 436 g/mol. The van der Waals surface area contributed by atoms with Crippen LogP contribution in [0.4, 0.5) is 4.79 Å². The maximum atomic E-state index is 12.2. The second-order valence-corrected chi connectivity index (χ2v) is 7.34. The molecule has 0 saturated heterocycles. The highest BCUT2D eigenvalue weighted by Gasteiger charge is 2.16. The summed E-state index contributed by atoms with van der Waals surface area (Å²) in [6, 6.07) is 10.3. The van der Waals surface area contributed by atoms with Gasteiger partial charge >= 0.3 is 6.03 Å². The highest BCUT2D eigenvalue weighted by atomic mass is 32.2. The van der Waals surface area contributed by atoms with E-state index in [1.54, 1.807) is 31.3 Å². The lowest BCUT2D eigenvalue weighted by atomic mass is 10.2. The van der Waals surface area contributed by atoms with E-state index in [1.807, 2.05) is 41.0 Å². The average Bonchev–Trinajstić information content (AvgIpc) is 3.26. The van der Waals surface area contributed by atoms with Crippen molar-refractivity contribution in [2.24, 2.45) is 0 Å². The van der Waals surface area contributed by atoms with Crippen molar-refractivity contribution in [2.75, 3.05) is 7.05 Å². The third-order valence-electron chi connectivity index (χ3n) is 4.37. The van der Waals surface area contributed by atoms with E-state index in [1.165, 1.54) is 18.3 Å². The summed E-state index contributed by atoms with van der Waals surface area (Å²) in [7, 11) is 1.55. The Morgan fingerprint density at radius 1 is 1.19 bits per heavy atom. The zero-order valence-electron chi connectivity index (χ0n) is 16.6. The molecule has 0 bridgehead atoms. The first-order valence-corrected chi connectivity index (χ1v) is 10.2. The lowest BCUT2D eigenvalue weighted by Crippen LogP contribution is -2.34. The zero-order chi connectivity index (χ0) is 21.6. The second-order valence-electron chi connectivity index (χ2n) is 6.53. The van der Waals surface area contributed by atoms with Crippen LogP contribution < -0.4 is 25.4 Å². The Bertz CT molecular complexity index is 1080. The van der Waals surface area contributed by atoms with E-state index in [2.05, 4.69) is 25.7 Å². The Hall–Kier alpha value is -3.92. The van der Waals surface area contributed by atoms with Crippen LogP contribution in [-0.2, 0) is 6.54 Å². The van der Waals surface area contributed by atoms with Crippen LogP contribution in [0.1, 0.15) is 16.1 Å². The molecule has 4 N–H and O–H groups in total. The number of nitrogens with one attached hydrogen (secondary N) is 4. The Labute approximate surface area is 183 Å². The lowest BCUT2D eigenvalue weighted by molar-refractivity contribution is 0.0958. The Balaban J connectivity index is 1.28. The number of ether oxygens (including phenoxy) is 1. The van der Waals surface area contributed by atoms with Crippen LogP contribution in [0.15, 0.2) is 78.5 Å². The van der Waals surface area contributed by atoms with Gasteiger partial charge < -0.3 is 25.4 Å². The van der Waals surface area contributed by atoms with Gasteiger partial charge in [-0.3, -0.25) is 14.1 Å². The fraction of sp³-hybridized carbons (Fsp3) is 0.0952. The molecule has 0 unspecified atom stereocenters. The number of pyridine rings is 1. The summed E-state index contributed by atoms with van der Waals surface area (Å²) in [6.45, 7) is 0.366. The maximum absolute atomic E-state index is 12.2. The Morgan fingerprint density at radius 3 is 2.84 bits per heavy atom. The van der Waals surface area contributed by atoms with E-state index >= 15 is 0 Å². The molecule has 1 aromatic heterocycles. The lowest BCUT2D eigenvalue weighted by Gasteiger charge is -2.18. The van der Waals surface area contributed by atoms with Gasteiger partial charge in [-0.2, -0.15) is 0 Å². The van der Waals surface area contributed by atoms with Crippen LogP contribution in [0.2, 0.25) is 0 Å². The smallest absolute Gasteiger partial charge is 0.319 e. The minimum absolute atomic E-state index is 0.279. The molecule has 2 aliphatic heterocycles. The number of hydrogen-bond donors (Lipinski definition) is 4. The zero-order valence-corrected chi connectivity index (χ0v) is 17.4. The van der Waals surface area contributed by atoms with Crippen molar-refractivity contribution in [1.29, 1.82) is 0 Å². The number of urea groups is 1. The van der Waals surface area contributed by atoms with Crippen molar-refractivity contribution in [1.82, 2.24) is 30.0 Å². The van der Waals surface area contributed by atoms with Gasteiger partial charge in [0.1, 0.15) is 17.2 Å². The molecule has 3 amide bonds. The van der Waals surface area contributed by atoms with Crippen molar-refractivity contribution in [3.8, 4) is 11.5 Å². The molecule has 0 spiro atoms. The third-order valence-corrected chi connectivity index (χ3v) is 5.12. The van der Waals surface area contributed by atoms with Crippen LogP contribution in [0.25, 0.3) is 0 Å². The minimum atomic E-state index is -0.289. The topological polar surface area (TPSA) is 108 Å². The minimum Gasteiger partial charge on any atom is -0.457 e. The van der Waals surface area contributed by atoms with Crippen molar-refractivity contribution in [3.05, 3.63) is 89.8 Å². The molecule has 2 aromatic rings. The molecule has 0 atom stereocenters. The van der Waals surface area contributed by atoms with Gasteiger partial charge in [-0.1, -0.05) is 12.1 Å². The molecule has 0 radical (unpaired) electrons. The second kappa shape index (κ2) is 9.26. The summed E-state index contributed by atoms with van der Waals surface area (Å²) < 4.78 is 10.8. The number of allylic oxidation sites excluding steroid dienone is 2. The van der Waals surface area contributed by atoms with Crippen LogP contribution in [0, 0.1) is 0 Å². The van der Waals surface area contributed by atoms with Crippen LogP contribution in [0.3, 0.4) is 0 Å². The third kappa shape index (κ3) is 5.17. The standard InChI is InChI=1S/C21H20N6O3S/c1-22-20(28)19-11-18(6-8-23-19)30-17-4-2-14(3-5-17)12-24-21(29)26-15-7-9-27-16(10-15)13-25-31-27/h2-11,13,25H,12H2,1H3,(H,22,28)(H2,24,26,29). The number of carbonyl (C=O) groups excluding carboxylic acids is 2. The van der Waals surface area contributed by atoms with E-state index in [0.717, 1.165) is 11.3 Å². The SMILES string of the molecule is CNC(=O)c1cc(Oc2ccc(CNC(=O)NC3=CC4=CNSN4C=C3)cc2)ccn1. The number of hydrogen-bond acceptors (Lipinski definition) is 7. The molecule has 4 rings (SSSR count). The fourth-order valence-corrected chi connectivity index (χ4v) is 3.43. The van der Waals surface area contributed by atoms with E-state index in [9.17, 15) is 9.59 Å². The summed E-state index contributed by atoms with van der Waals surface area (Å²) in [5.41, 5.74) is 2.87. The van der Waals surface area contributed by atoms with E-state index in [0.29, 0.717) is 23.7 Å². The largest absolute Gasteiger partial charge is 0.457 e. The van der Waals surface area contributed by atoms with Crippen LogP contribution in [0.5, 0.6) is 11.5 Å². The monoisotopic (exact) mass is 436 g/mol. The van der Waals surface area contributed by atoms with E-state index in [-0.39, 0.29) is 17.6 Å². The molecule has 31 heavy (non-hydrogen) atoms. The Morgan fingerprint density at radius 2 is 2.03 bits per heavy atom. The number of amides is 3. The predicted molar refractivity (Wildman–Crippen MR) is 117 cm³/mol. The van der Waals surface area contributed by atoms with Gasteiger partial charge in [0.25, 0.3) is 5.91 Å². The summed E-state index contributed by atoms with van der Waals surface area (Å²) >= 11 is 1.46. The van der Waals surface area contributed by atoms with E-state index < -0.39 is 0 Å². The number of rotatable bonds is 6. The first-order chi connectivity index (χ1) is 15.1. The summed E-state index contributed by atoms with van der Waals surface area (Å²) in [6.07, 6.45) is 8.98. The number of carbonyl (C=O) groups is 2. The molecule has 0 saturated carbocycles. The molecule has 158 valence electrons. The van der Waals surface area contributed by atoms with Gasteiger partial charge in [0.15, 0.2) is 0 Å². The molecule has 0 fully saturated rings. The van der Waals surface area contributed by atoms with E-state index in [4.69, 9.17) is 4.74 Å². The molecule has 2 aliphatic rings. The molecular weight excluding hydrogens is 416 g/mol. The van der Waals surface area contributed by atoms with Gasteiger partial charge in [0, 0.05) is 44.0 Å². The quantitative estimate of drug-likeness (QED) is 0.516. The summed E-state index contributed by atoms with van der Waals surface area (Å²) in [5, 5.41) is 8.18. The number of benzene rings is 1. The number of aromatic nitrogens is 1. The van der Waals surface area contributed by atoms with Crippen molar-refractivity contribution in [3.63, 3.8) is 0 Å². The van der Waals surface area contributed by atoms with Gasteiger partial charge in [0.2, 0.25) is 0 Å². The predicted octanol–water partition coefficient (Wildman–Crippen LogP) is 2.75. The van der Waals surface area contributed by atoms with Crippen LogP contribution >= 0.6 is 12.1 Å². The number of nitrogens with zero attached hydrogens (tertiary/aromatic N) is 2. The molecule has 3 heterocycles. The molecule has 1 aromatic carbocycles. The molecular formula is C21H20N6O3S. The maximum Gasteiger partial charge on any atom is 0.319 e. The molecule has 9 nitrogen and oxygen atoms in total. The van der Waals surface area contributed by atoms with Crippen molar-refractivity contribution < 1.29 is 14.3 Å². The summed E-state index contributed by atoms with van der Waals surface area (Å²) in [4.78, 5) is 27.9. The fourth-order valence-electron chi connectivity index (χ4n) is 2.81. The number of fused-ring (bicyclic) bond motifs is 1. The molecule has 10 heteroatoms. The van der Waals surface area contributed by atoms with Gasteiger partial charge in [-0.25, -0.2) is 4.79 Å². The first-order valence-electron chi connectivity index (χ1n) is 9.42. The molecule has 0 aliphatic carbocycles. The highest BCUT2D eigenvalue weighted by Crippen LogP contribution is 2.26. The van der Waals surface area contributed by atoms with Gasteiger partial charge in [0.05, 0.1) is 17.8 Å². The van der Waals surface area contributed by atoms with Crippen LogP contribution in [-0.4, -0.2) is 28.3 Å². The summed E-state index contributed by atoms with van der Waals surface area (Å²) in [5.74, 6) is 0.843. The Kier molecular flexibility index (Phi) is 6.08. The van der Waals surface area contributed by atoms with Crippen molar-refractivity contribution >= 4 is 24.1 Å². The van der Waals surface area contributed by atoms with Gasteiger partial charge in [-0.15, -0.1) is 0 Å². The van der Waals surface area contributed by atoms with Gasteiger partial charge in [-0.05, 0) is 35.9 Å². The van der Waals surface area contributed by atoms with Crippen molar-refractivity contribution in [2.45, 2.75) is 6.54 Å². The normalized spacial score (nSPS) is 14.0.